The SMILES string of the molecule is CCC(NC1CC(C)CC(C)C1)c1ccc(F)cc1. The van der Waals surface area contributed by atoms with Crippen LogP contribution in [0.1, 0.15) is 58.1 Å². The normalized spacial score (nSPS) is 29.2. The van der Waals surface area contributed by atoms with Crippen molar-refractivity contribution in [3.63, 3.8) is 0 Å². The van der Waals surface area contributed by atoms with Crippen molar-refractivity contribution >= 4 is 0 Å². The number of hydrogen-bond acceptors (Lipinski definition) is 1. The number of hydrogen-bond donors (Lipinski definition) is 1. The maximum Gasteiger partial charge on any atom is 0.123 e. The summed E-state index contributed by atoms with van der Waals surface area (Å²) < 4.78 is 13.0. The Kier molecular flexibility index (Phi) is 4.98. The molecule has 1 aromatic rings. The molecule has 0 spiro atoms. The Hall–Kier alpha value is -0.890. The Labute approximate surface area is 116 Å². The molecule has 3 atom stereocenters. The van der Waals surface area contributed by atoms with Gasteiger partial charge in [-0.25, -0.2) is 4.39 Å². The van der Waals surface area contributed by atoms with E-state index in [-0.39, 0.29) is 5.82 Å². The van der Waals surface area contributed by atoms with Gasteiger partial charge in [0.1, 0.15) is 5.82 Å². The van der Waals surface area contributed by atoms with Crippen LogP contribution in [0.15, 0.2) is 24.3 Å². The minimum Gasteiger partial charge on any atom is -0.307 e. The van der Waals surface area contributed by atoms with Crippen LogP contribution in [-0.2, 0) is 0 Å². The zero-order chi connectivity index (χ0) is 13.8. The Morgan fingerprint density at radius 2 is 1.68 bits per heavy atom. The lowest BCUT2D eigenvalue weighted by atomic mass is 9.80. The van der Waals surface area contributed by atoms with Crippen molar-refractivity contribution in [2.24, 2.45) is 11.8 Å². The lowest BCUT2D eigenvalue weighted by Gasteiger charge is -2.34. The van der Waals surface area contributed by atoms with Crippen LogP contribution < -0.4 is 5.32 Å². The van der Waals surface area contributed by atoms with Crippen molar-refractivity contribution in [1.82, 2.24) is 5.32 Å². The highest BCUT2D eigenvalue weighted by molar-refractivity contribution is 5.20. The van der Waals surface area contributed by atoms with E-state index in [4.69, 9.17) is 0 Å². The summed E-state index contributed by atoms with van der Waals surface area (Å²) in [5, 5.41) is 3.78. The molecule has 0 heterocycles. The van der Waals surface area contributed by atoms with Gasteiger partial charge in [-0.3, -0.25) is 0 Å². The highest BCUT2D eigenvalue weighted by atomic mass is 19.1. The summed E-state index contributed by atoms with van der Waals surface area (Å²) in [6.07, 6.45) is 4.93. The fourth-order valence-electron chi connectivity index (χ4n) is 3.51. The first-order valence-corrected chi connectivity index (χ1v) is 7.60. The van der Waals surface area contributed by atoms with Crippen LogP contribution in [0, 0.1) is 17.7 Å². The van der Waals surface area contributed by atoms with E-state index in [1.54, 1.807) is 12.1 Å². The smallest absolute Gasteiger partial charge is 0.123 e. The van der Waals surface area contributed by atoms with Crippen molar-refractivity contribution in [3.8, 4) is 0 Å². The summed E-state index contributed by atoms with van der Waals surface area (Å²) in [6.45, 7) is 6.89. The van der Waals surface area contributed by atoms with Gasteiger partial charge in [-0.15, -0.1) is 0 Å². The molecule has 106 valence electrons. The first-order valence-electron chi connectivity index (χ1n) is 7.60. The first kappa shape index (κ1) is 14.5. The van der Waals surface area contributed by atoms with Gasteiger partial charge in [0.2, 0.25) is 0 Å². The van der Waals surface area contributed by atoms with Crippen molar-refractivity contribution in [2.75, 3.05) is 0 Å². The van der Waals surface area contributed by atoms with Crippen LogP contribution in [-0.4, -0.2) is 6.04 Å². The summed E-state index contributed by atoms with van der Waals surface area (Å²) in [7, 11) is 0. The predicted octanol–water partition coefficient (Wildman–Crippen LogP) is 4.69. The van der Waals surface area contributed by atoms with E-state index < -0.39 is 0 Å². The highest BCUT2D eigenvalue weighted by Gasteiger charge is 2.25. The zero-order valence-corrected chi connectivity index (χ0v) is 12.3. The van der Waals surface area contributed by atoms with Crippen LogP contribution in [0.5, 0.6) is 0 Å². The van der Waals surface area contributed by atoms with Crippen LogP contribution in [0.25, 0.3) is 0 Å². The number of nitrogens with one attached hydrogen (secondary N) is 1. The summed E-state index contributed by atoms with van der Waals surface area (Å²) in [6, 6.07) is 7.90. The van der Waals surface area contributed by atoms with E-state index in [9.17, 15) is 4.39 Å². The molecule has 1 saturated carbocycles. The summed E-state index contributed by atoms with van der Waals surface area (Å²) >= 11 is 0. The largest absolute Gasteiger partial charge is 0.307 e. The van der Waals surface area contributed by atoms with Crippen LogP contribution in [0.4, 0.5) is 4.39 Å². The lowest BCUT2D eigenvalue weighted by Crippen LogP contribution is -2.38. The third-order valence-electron chi connectivity index (χ3n) is 4.30. The minimum atomic E-state index is -0.154. The van der Waals surface area contributed by atoms with E-state index in [2.05, 4.69) is 26.1 Å². The zero-order valence-electron chi connectivity index (χ0n) is 12.3. The molecular formula is C17H26FN. The summed E-state index contributed by atoms with van der Waals surface area (Å²) in [5.74, 6) is 1.47. The van der Waals surface area contributed by atoms with E-state index in [0.29, 0.717) is 12.1 Å². The van der Waals surface area contributed by atoms with Gasteiger partial charge >= 0.3 is 0 Å². The number of benzene rings is 1. The van der Waals surface area contributed by atoms with E-state index in [1.165, 1.54) is 24.8 Å². The molecule has 1 fully saturated rings. The molecule has 19 heavy (non-hydrogen) atoms. The fraction of sp³-hybridized carbons (Fsp3) is 0.647. The quantitative estimate of drug-likeness (QED) is 0.831. The Balaban J connectivity index is 2.00. The first-order chi connectivity index (χ1) is 9.08. The van der Waals surface area contributed by atoms with Gasteiger partial charge in [0, 0.05) is 12.1 Å². The second-order valence-corrected chi connectivity index (χ2v) is 6.29. The van der Waals surface area contributed by atoms with Gasteiger partial charge in [0.25, 0.3) is 0 Å². The topological polar surface area (TPSA) is 12.0 Å². The molecule has 3 unspecified atom stereocenters. The summed E-state index contributed by atoms with van der Waals surface area (Å²) in [5.41, 5.74) is 1.20. The van der Waals surface area contributed by atoms with Crippen LogP contribution >= 0.6 is 0 Å². The molecule has 1 nitrogen and oxygen atoms in total. The van der Waals surface area contributed by atoms with Gasteiger partial charge < -0.3 is 5.32 Å². The third-order valence-corrected chi connectivity index (χ3v) is 4.30. The van der Waals surface area contributed by atoms with Gasteiger partial charge in [-0.1, -0.05) is 32.9 Å². The lowest BCUT2D eigenvalue weighted by molar-refractivity contribution is 0.224. The Morgan fingerprint density at radius 1 is 1.11 bits per heavy atom. The molecule has 2 rings (SSSR count). The van der Waals surface area contributed by atoms with Gasteiger partial charge in [0.05, 0.1) is 0 Å². The highest BCUT2D eigenvalue weighted by Crippen LogP contribution is 2.30. The van der Waals surface area contributed by atoms with Crippen molar-refractivity contribution < 1.29 is 4.39 Å². The minimum absolute atomic E-state index is 0.154. The maximum atomic E-state index is 13.0. The van der Waals surface area contributed by atoms with Crippen molar-refractivity contribution in [2.45, 2.75) is 58.5 Å². The molecule has 0 bridgehead atoms. The second kappa shape index (κ2) is 6.51. The molecular weight excluding hydrogens is 237 g/mol. The maximum absolute atomic E-state index is 13.0. The number of halogens is 1. The van der Waals surface area contributed by atoms with Crippen molar-refractivity contribution in [1.29, 1.82) is 0 Å². The fourth-order valence-corrected chi connectivity index (χ4v) is 3.51. The third kappa shape index (κ3) is 4.04. The molecule has 0 amide bonds. The molecule has 0 radical (unpaired) electrons. The standard InChI is InChI=1S/C17H26FN/c1-4-17(14-5-7-15(18)8-6-14)19-16-10-12(2)9-13(3)11-16/h5-8,12-13,16-17,19H,4,9-11H2,1-3H3. The predicted molar refractivity (Wildman–Crippen MR) is 78.5 cm³/mol. The molecule has 1 aromatic carbocycles. The molecule has 1 aliphatic carbocycles. The average Bonchev–Trinajstić information content (AvgIpc) is 2.36. The van der Waals surface area contributed by atoms with E-state index in [0.717, 1.165) is 18.3 Å². The van der Waals surface area contributed by atoms with Crippen LogP contribution in [0.3, 0.4) is 0 Å². The average molecular weight is 263 g/mol. The molecule has 0 aromatic heterocycles. The monoisotopic (exact) mass is 263 g/mol. The molecule has 0 saturated heterocycles. The van der Waals surface area contributed by atoms with E-state index in [1.807, 2.05) is 12.1 Å². The second-order valence-electron chi connectivity index (χ2n) is 6.29. The van der Waals surface area contributed by atoms with Gasteiger partial charge in [-0.2, -0.15) is 0 Å². The summed E-state index contributed by atoms with van der Waals surface area (Å²) in [4.78, 5) is 0. The number of rotatable bonds is 4. The Morgan fingerprint density at radius 3 is 2.21 bits per heavy atom. The van der Waals surface area contributed by atoms with Crippen LogP contribution in [0.2, 0.25) is 0 Å². The Bertz CT molecular complexity index is 377. The molecule has 1 N–H and O–H groups in total. The molecule has 1 aliphatic rings. The van der Waals surface area contributed by atoms with Gasteiger partial charge in [-0.05, 0) is 55.2 Å². The van der Waals surface area contributed by atoms with Crippen molar-refractivity contribution in [3.05, 3.63) is 35.6 Å². The molecule has 0 aliphatic heterocycles. The molecule has 2 heteroatoms. The van der Waals surface area contributed by atoms with Gasteiger partial charge in [0.15, 0.2) is 0 Å². The van der Waals surface area contributed by atoms with E-state index >= 15 is 0 Å².